The Morgan fingerprint density at radius 3 is 3.04 bits per heavy atom. The second-order valence-corrected chi connectivity index (χ2v) is 5.94. The van der Waals surface area contributed by atoms with Crippen LogP contribution in [0.25, 0.3) is 0 Å². The summed E-state index contributed by atoms with van der Waals surface area (Å²) in [5.74, 6) is 1.19. The van der Waals surface area contributed by atoms with Crippen LogP contribution in [-0.2, 0) is 17.8 Å². The van der Waals surface area contributed by atoms with Crippen molar-refractivity contribution >= 4 is 17.7 Å². The van der Waals surface area contributed by atoms with Crippen molar-refractivity contribution in [3.63, 3.8) is 0 Å². The predicted octanol–water partition coefficient (Wildman–Crippen LogP) is 2.04. The zero-order chi connectivity index (χ0) is 16.2. The number of unbranched alkanes of at least 4 members (excludes halogenated alkanes) is 1. The van der Waals surface area contributed by atoms with Crippen molar-refractivity contribution in [2.24, 2.45) is 0 Å². The van der Waals surface area contributed by atoms with E-state index in [1.807, 2.05) is 23.1 Å². The van der Waals surface area contributed by atoms with Crippen molar-refractivity contribution < 1.29 is 4.79 Å². The lowest BCUT2D eigenvalue weighted by atomic mass is 10.0. The highest BCUT2D eigenvalue weighted by atomic mass is 16.2. The van der Waals surface area contributed by atoms with Crippen LogP contribution in [0.5, 0.6) is 0 Å². The minimum Gasteiger partial charge on any atom is -0.370 e. The van der Waals surface area contributed by atoms with Crippen molar-refractivity contribution in [2.75, 3.05) is 24.1 Å². The lowest BCUT2D eigenvalue weighted by Crippen LogP contribution is -2.37. The first kappa shape index (κ1) is 15.5. The highest BCUT2D eigenvalue weighted by molar-refractivity contribution is 5.94. The number of hydrogen-bond acceptors (Lipinski definition) is 5. The fraction of sp³-hybridized carbons (Fsp3) is 0.471. The summed E-state index contributed by atoms with van der Waals surface area (Å²) in [4.78, 5) is 23.1. The van der Waals surface area contributed by atoms with Gasteiger partial charge in [-0.3, -0.25) is 4.79 Å². The summed E-state index contributed by atoms with van der Waals surface area (Å²) in [6, 6.07) is 0. The molecule has 3 rings (SSSR count). The number of aromatic nitrogens is 2. The van der Waals surface area contributed by atoms with E-state index in [2.05, 4.69) is 22.2 Å². The van der Waals surface area contributed by atoms with Crippen molar-refractivity contribution in [2.45, 2.75) is 39.2 Å². The topological polar surface area (TPSA) is 84.1 Å². The molecule has 0 aromatic carbocycles. The van der Waals surface area contributed by atoms with Gasteiger partial charge in [-0.2, -0.15) is 4.98 Å². The van der Waals surface area contributed by atoms with Crippen molar-refractivity contribution in [1.29, 1.82) is 0 Å². The second-order valence-electron chi connectivity index (χ2n) is 5.94. The average Bonchev–Trinajstić information content (AvgIpc) is 3.08. The van der Waals surface area contributed by atoms with Gasteiger partial charge in [-0.1, -0.05) is 31.6 Å². The summed E-state index contributed by atoms with van der Waals surface area (Å²) >= 11 is 0. The molecule has 0 radical (unpaired) electrons. The number of carbonyl (C=O) groups is 1. The Morgan fingerprint density at radius 1 is 1.43 bits per heavy atom. The Bertz CT molecular complexity index is 665. The fourth-order valence-electron chi connectivity index (χ4n) is 2.96. The van der Waals surface area contributed by atoms with E-state index in [1.54, 1.807) is 0 Å². The normalized spacial score (nSPS) is 16.2. The molecule has 6 heteroatoms. The van der Waals surface area contributed by atoms with Crippen molar-refractivity contribution in [1.82, 2.24) is 14.9 Å². The molecular weight excluding hydrogens is 290 g/mol. The van der Waals surface area contributed by atoms with E-state index in [4.69, 9.17) is 5.73 Å². The third kappa shape index (κ3) is 3.36. The Hall–Kier alpha value is -2.37. The standard InChI is InChI=1S/C17H23N5O/c1-2-3-9-19-15-13-8-10-22(11-14(13)20-17(18)21-15)16(23)12-6-4-5-7-12/h4-6H,2-3,7-11H2,1H3,(H3,18,19,20,21). The van der Waals surface area contributed by atoms with Gasteiger partial charge in [0.15, 0.2) is 0 Å². The van der Waals surface area contributed by atoms with Crippen LogP contribution in [0.4, 0.5) is 11.8 Å². The van der Waals surface area contributed by atoms with Gasteiger partial charge in [-0.15, -0.1) is 0 Å². The number of allylic oxidation sites excluding steroid dienone is 3. The van der Waals surface area contributed by atoms with Crippen LogP contribution in [0.3, 0.4) is 0 Å². The highest BCUT2D eigenvalue weighted by Crippen LogP contribution is 2.26. The molecule has 6 nitrogen and oxygen atoms in total. The maximum absolute atomic E-state index is 12.5. The second kappa shape index (κ2) is 6.81. The van der Waals surface area contributed by atoms with Crippen LogP contribution >= 0.6 is 0 Å². The van der Waals surface area contributed by atoms with E-state index in [0.29, 0.717) is 13.1 Å². The summed E-state index contributed by atoms with van der Waals surface area (Å²) in [5, 5.41) is 3.36. The maximum Gasteiger partial charge on any atom is 0.250 e. The third-order valence-electron chi connectivity index (χ3n) is 4.24. The van der Waals surface area contributed by atoms with E-state index < -0.39 is 0 Å². The van der Waals surface area contributed by atoms with Gasteiger partial charge in [0.25, 0.3) is 0 Å². The van der Waals surface area contributed by atoms with Gasteiger partial charge in [0.1, 0.15) is 5.82 Å². The monoisotopic (exact) mass is 313 g/mol. The van der Waals surface area contributed by atoms with Gasteiger partial charge in [-0.25, -0.2) is 4.98 Å². The maximum atomic E-state index is 12.5. The molecule has 2 aliphatic rings. The number of hydrogen-bond donors (Lipinski definition) is 2. The SMILES string of the molecule is CCCCNc1nc(N)nc2c1CCN(C(=O)C1=CC=CC1)C2. The lowest BCUT2D eigenvalue weighted by Gasteiger charge is -2.29. The Morgan fingerprint density at radius 2 is 2.30 bits per heavy atom. The lowest BCUT2D eigenvalue weighted by molar-refractivity contribution is -0.128. The highest BCUT2D eigenvalue weighted by Gasteiger charge is 2.26. The molecule has 0 unspecified atom stereocenters. The first-order valence-corrected chi connectivity index (χ1v) is 8.23. The average molecular weight is 313 g/mol. The molecule has 0 spiro atoms. The molecule has 0 bridgehead atoms. The molecule has 0 saturated heterocycles. The van der Waals surface area contributed by atoms with Crippen LogP contribution in [0.1, 0.15) is 37.4 Å². The molecule has 23 heavy (non-hydrogen) atoms. The van der Waals surface area contributed by atoms with E-state index >= 15 is 0 Å². The summed E-state index contributed by atoms with van der Waals surface area (Å²) in [7, 11) is 0. The quantitative estimate of drug-likeness (QED) is 0.813. The van der Waals surface area contributed by atoms with Gasteiger partial charge in [0.05, 0.1) is 12.2 Å². The van der Waals surface area contributed by atoms with E-state index in [0.717, 1.165) is 54.9 Å². The summed E-state index contributed by atoms with van der Waals surface area (Å²) in [6.07, 6.45) is 9.52. The first-order chi connectivity index (χ1) is 11.2. The van der Waals surface area contributed by atoms with Crippen LogP contribution in [0, 0.1) is 0 Å². The fourth-order valence-corrected chi connectivity index (χ4v) is 2.96. The minimum atomic E-state index is 0.0957. The molecule has 0 atom stereocenters. The largest absolute Gasteiger partial charge is 0.370 e. The number of rotatable bonds is 5. The molecule has 2 heterocycles. The summed E-state index contributed by atoms with van der Waals surface area (Å²) < 4.78 is 0. The van der Waals surface area contributed by atoms with Gasteiger partial charge in [0, 0.05) is 24.2 Å². The molecule has 1 aromatic rings. The zero-order valence-corrected chi connectivity index (χ0v) is 13.5. The molecular formula is C17H23N5O. The smallest absolute Gasteiger partial charge is 0.250 e. The molecule has 1 aromatic heterocycles. The molecule has 122 valence electrons. The van der Waals surface area contributed by atoms with Crippen molar-refractivity contribution in [3.8, 4) is 0 Å². The Labute approximate surface area is 136 Å². The molecule has 1 aliphatic heterocycles. The van der Waals surface area contributed by atoms with E-state index in [9.17, 15) is 4.79 Å². The number of fused-ring (bicyclic) bond motifs is 1. The number of amides is 1. The van der Waals surface area contributed by atoms with Crippen LogP contribution < -0.4 is 11.1 Å². The van der Waals surface area contributed by atoms with E-state index in [-0.39, 0.29) is 11.9 Å². The minimum absolute atomic E-state index is 0.0957. The van der Waals surface area contributed by atoms with Gasteiger partial charge in [0.2, 0.25) is 11.9 Å². The number of nitrogens with two attached hydrogens (primary N) is 1. The molecule has 0 saturated carbocycles. The van der Waals surface area contributed by atoms with Gasteiger partial charge in [-0.05, 0) is 19.3 Å². The third-order valence-corrected chi connectivity index (χ3v) is 4.24. The summed E-state index contributed by atoms with van der Waals surface area (Å²) in [6.45, 7) is 4.22. The number of carbonyl (C=O) groups excluding carboxylic acids is 1. The van der Waals surface area contributed by atoms with Gasteiger partial charge < -0.3 is 16.0 Å². The Balaban J connectivity index is 1.76. The number of anilines is 2. The molecule has 1 aliphatic carbocycles. The van der Waals surface area contributed by atoms with Crippen LogP contribution in [-0.4, -0.2) is 33.9 Å². The van der Waals surface area contributed by atoms with Crippen molar-refractivity contribution in [3.05, 3.63) is 35.1 Å². The number of nitrogens with one attached hydrogen (secondary N) is 1. The Kier molecular flexibility index (Phi) is 4.60. The predicted molar refractivity (Wildman–Crippen MR) is 90.8 cm³/mol. The first-order valence-electron chi connectivity index (χ1n) is 8.23. The molecule has 1 amide bonds. The van der Waals surface area contributed by atoms with E-state index in [1.165, 1.54) is 0 Å². The number of nitrogen functional groups attached to an aromatic ring is 1. The number of nitrogens with zero attached hydrogens (tertiary/aromatic N) is 3. The molecule has 3 N–H and O–H groups in total. The molecule has 0 fully saturated rings. The summed E-state index contributed by atoms with van der Waals surface area (Å²) in [5.41, 5.74) is 8.65. The van der Waals surface area contributed by atoms with Crippen LogP contribution in [0.15, 0.2) is 23.8 Å². The van der Waals surface area contributed by atoms with Gasteiger partial charge >= 0.3 is 0 Å². The zero-order valence-electron chi connectivity index (χ0n) is 13.5. The van der Waals surface area contributed by atoms with Crippen LogP contribution in [0.2, 0.25) is 0 Å².